The smallest absolute Gasteiger partial charge is 0.0233 e. The fraction of sp³-hybridized carbons (Fsp3) is 0.625. The van der Waals surface area contributed by atoms with Crippen molar-refractivity contribution in [2.75, 3.05) is 26.2 Å². The summed E-state index contributed by atoms with van der Waals surface area (Å²) in [6.07, 6.45) is 5.57. The van der Waals surface area contributed by atoms with Gasteiger partial charge >= 0.3 is 0 Å². The normalized spacial score (nSPS) is 28.0. The topological polar surface area (TPSA) is 15.3 Å². The molecule has 0 radical (unpaired) electrons. The maximum atomic E-state index is 3.60. The van der Waals surface area contributed by atoms with E-state index in [1.807, 2.05) is 0 Å². The maximum Gasteiger partial charge on any atom is 0.0233 e. The lowest BCUT2D eigenvalue weighted by Gasteiger charge is -2.45. The minimum Gasteiger partial charge on any atom is -0.316 e. The summed E-state index contributed by atoms with van der Waals surface area (Å²) >= 11 is 0. The molecule has 2 saturated heterocycles. The van der Waals surface area contributed by atoms with Gasteiger partial charge in [0.2, 0.25) is 0 Å². The number of piperidine rings is 2. The SMILES string of the molecule is Cl.c1ccc(CN2CCCC3(CCCNC3)C2)cc1. The van der Waals surface area contributed by atoms with Crippen LogP contribution in [0.1, 0.15) is 31.2 Å². The molecular weight excluding hydrogens is 256 g/mol. The highest BCUT2D eigenvalue weighted by Gasteiger charge is 2.36. The largest absolute Gasteiger partial charge is 0.316 e. The number of nitrogens with zero attached hydrogens (tertiary/aromatic N) is 1. The first-order valence-corrected chi connectivity index (χ1v) is 7.33. The molecule has 2 nitrogen and oxygen atoms in total. The summed E-state index contributed by atoms with van der Waals surface area (Å²) in [5, 5.41) is 3.60. The third kappa shape index (κ3) is 3.71. The van der Waals surface area contributed by atoms with Crippen LogP contribution in [0.15, 0.2) is 30.3 Å². The predicted octanol–water partition coefficient (Wildman–Crippen LogP) is 3.07. The van der Waals surface area contributed by atoms with Crippen molar-refractivity contribution in [1.82, 2.24) is 10.2 Å². The summed E-state index contributed by atoms with van der Waals surface area (Å²) in [4.78, 5) is 2.66. The van der Waals surface area contributed by atoms with Gasteiger partial charge in [-0.15, -0.1) is 12.4 Å². The molecule has 0 saturated carbocycles. The number of rotatable bonds is 2. The van der Waals surface area contributed by atoms with E-state index in [0.29, 0.717) is 5.41 Å². The zero-order valence-corrected chi connectivity index (χ0v) is 12.4. The number of hydrogen-bond donors (Lipinski definition) is 1. The van der Waals surface area contributed by atoms with Crippen molar-refractivity contribution in [3.05, 3.63) is 35.9 Å². The molecule has 2 fully saturated rings. The molecule has 1 atom stereocenters. The molecule has 0 bridgehead atoms. The molecule has 0 aromatic heterocycles. The number of nitrogens with one attached hydrogen (secondary N) is 1. The molecule has 19 heavy (non-hydrogen) atoms. The van der Waals surface area contributed by atoms with Gasteiger partial charge in [-0.1, -0.05) is 30.3 Å². The zero-order valence-electron chi connectivity index (χ0n) is 11.6. The van der Waals surface area contributed by atoms with E-state index in [0.717, 1.165) is 6.54 Å². The Labute approximate surface area is 123 Å². The van der Waals surface area contributed by atoms with Crippen molar-refractivity contribution in [3.8, 4) is 0 Å². The van der Waals surface area contributed by atoms with Gasteiger partial charge in [-0.05, 0) is 49.8 Å². The number of likely N-dealkylation sites (tertiary alicyclic amines) is 1. The predicted molar refractivity (Wildman–Crippen MR) is 82.7 cm³/mol. The summed E-state index contributed by atoms with van der Waals surface area (Å²) in [7, 11) is 0. The highest BCUT2D eigenvalue weighted by atomic mass is 35.5. The second kappa shape index (κ2) is 6.74. The Bertz CT molecular complexity index is 368. The van der Waals surface area contributed by atoms with Crippen molar-refractivity contribution >= 4 is 12.4 Å². The summed E-state index contributed by atoms with van der Waals surface area (Å²) in [5.74, 6) is 0. The Morgan fingerprint density at radius 3 is 2.63 bits per heavy atom. The molecule has 1 aromatic carbocycles. The van der Waals surface area contributed by atoms with Crippen LogP contribution in [0.2, 0.25) is 0 Å². The maximum absolute atomic E-state index is 3.60. The van der Waals surface area contributed by atoms with E-state index in [1.54, 1.807) is 0 Å². The number of hydrogen-bond acceptors (Lipinski definition) is 2. The van der Waals surface area contributed by atoms with E-state index in [4.69, 9.17) is 0 Å². The van der Waals surface area contributed by atoms with E-state index in [9.17, 15) is 0 Å². The standard InChI is InChI=1S/C16H24N2.ClH/c1-2-6-15(7-3-1)12-18-11-5-9-16(14-18)8-4-10-17-13-16;/h1-3,6-7,17H,4-5,8-14H2;1H. The van der Waals surface area contributed by atoms with Gasteiger partial charge in [0.05, 0.1) is 0 Å². The molecule has 1 unspecified atom stereocenters. The summed E-state index contributed by atoms with van der Waals surface area (Å²) in [5.41, 5.74) is 2.03. The van der Waals surface area contributed by atoms with Crippen LogP contribution < -0.4 is 5.32 Å². The first-order chi connectivity index (χ1) is 8.86. The van der Waals surface area contributed by atoms with Gasteiger partial charge in [-0.3, -0.25) is 4.90 Å². The fourth-order valence-corrected chi connectivity index (χ4v) is 3.67. The van der Waals surface area contributed by atoms with Gasteiger partial charge in [-0.2, -0.15) is 0 Å². The minimum absolute atomic E-state index is 0. The molecule has 3 heteroatoms. The van der Waals surface area contributed by atoms with Crippen molar-refractivity contribution in [1.29, 1.82) is 0 Å². The van der Waals surface area contributed by atoms with Crippen molar-refractivity contribution in [2.45, 2.75) is 32.2 Å². The Balaban J connectivity index is 0.00000133. The van der Waals surface area contributed by atoms with Crippen LogP contribution in [-0.2, 0) is 6.54 Å². The van der Waals surface area contributed by atoms with Crippen molar-refractivity contribution < 1.29 is 0 Å². The second-order valence-corrected chi connectivity index (χ2v) is 6.08. The van der Waals surface area contributed by atoms with Crippen LogP contribution in [0.4, 0.5) is 0 Å². The Kier molecular flexibility index (Phi) is 5.26. The lowest BCUT2D eigenvalue weighted by atomic mass is 9.74. The summed E-state index contributed by atoms with van der Waals surface area (Å²) in [6.45, 7) is 6.15. The lowest BCUT2D eigenvalue weighted by molar-refractivity contribution is 0.0601. The third-order valence-electron chi connectivity index (χ3n) is 4.55. The Morgan fingerprint density at radius 1 is 1.11 bits per heavy atom. The van der Waals surface area contributed by atoms with Gasteiger partial charge in [0.25, 0.3) is 0 Å². The van der Waals surface area contributed by atoms with E-state index < -0.39 is 0 Å². The Hall–Kier alpha value is -0.570. The molecular formula is C16H25ClN2. The minimum atomic E-state index is 0. The lowest BCUT2D eigenvalue weighted by Crippen LogP contribution is -2.50. The van der Waals surface area contributed by atoms with E-state index in [1.165, 1.54) is 57.4 Å². The van der Waals surface area contributed by atoms with Crippen LogP contribution in [0.3, 0.4) is 0 Å². The van der Waals surface area contributed by atoms with Crippen LogP contribution >= 0.6 is 12.4 Å². The third-order valence-corrected chi connectivity index (χ3v) is 4.55. The molecule has 1 N–H and O–H groups in total. The fourth-order valence-electron chi connectivity index (χ4n) is 3.67. The van der Waals surface area contributed by atoms with Gasteiger partial charge in [0, 0.05) is 19.6 Å². The van der Waals surface area contributed by atoms with E-state index in [-0.39, 0.29) is 12.4 Å². The van der Waals surface area contributed by atoms with Gasteiger partial charge in [-0.25, -0.2) is 0 Å². The first kappa shape index (κ1) is 14.8. The number of benzene rings is 1. The number of halogens is 1. The molecule has 2 aliphatic heterocycles. The highest BCUT2D eigenvalue weighted by molar-refractivity contribution is 5.85. The molecule has 1 spiro atoms. The summed E-state index contributed by atoms with van der Waals surface area (Å²) < 4.78 is 0. The first-order valence-electron chi connectivity index (χ1n) is 7.33. The average Bonchev–Trinajstić information content (AvgIpc) is 2.41. The molecule has 0 amide bonds. The van der Waals surface area contributed by atoms with E-state index in [2.05, 4.69) is 40.5 Å². The van der Waals surface area contributed by atoms with Gasteiger partial charge in [0.1, 0.15) is 0 Å². The van der Waals surface area contributed by atoms with Crippen molar-refractivity contribution in [2.24, 2.45) is 5.41 Å². The van der Waals surface area contributed by atoms with Crippen LogP contribution in [0.5, 0.6) is 0 Å². The molecule has 106 valence electrons. The molecule has 2 heterocycles. The average molecular weight is 281 g/mol. The second-order valence-electron chi connectivity index (χ2n) is 6.08. The van der Waals surface area contributed by atoms with Crippen LogP contribution in [0, 0.1) is 5.41 Å². The highest BCUT2D eigenvalue weighted by Crippen LogP contribution is 2.36. The van der Waals surface area contributed by atoms with Gasteiger partial charge in [0.15, 0.2) is 0 Å². The quantitative estimate of drug-likeness (QED) is 0.896. The van der Waals surface area contributed by atoms with Crippen LogP contribution in [0.25, 0.3) is 0 Å². The van der Waals surface area contributed by atoms with Crippen LogP contribution in [-0.4, -0.2) is 31.1 Å². The summed E-state index contributed by atoms with van der Waals surface area (Å²) in [6, 6.07) is 10.9. The van der Waals surface area contributed by atoms with E-state index >= 15 is 0 Å². The molecule has 3 rings (SSSR count). The molecule has 2 aliphatic rings. The molecule has 0 aliphatic carbocycles. The molecule has 1 aromatic rings. The van der Waals surface area contributed by atoms with Gasteiger partial charge < -0.3 is 5.32 Å². The monoisotopic (exact) mass is 280 g/mol. The zero-order chi connectivity index (χ0) is 12.3. The Morgan fingerprint density at radius 2 is 1.89 bits per heavy atom. The van der Waals surface area contributed by atoms with Crippen molar-refractivity contribution in [3.63, 3.8) is 0 Å².